The van der Waals surface area contributed by atoms with Gasteiger partial charge in [-0.2, -0.15) is 0 Å². The van der Waals surface area contributed by atoms with Crippen LogP contribution in [0.2, 0.25) is 0 Å². The van der Waals surface area contributed by atoms with Crippen LogP contribution in [0.3, 0.4) is 0 Å². The number of rotatable bonds is 31. The molecular formula is C55H90O45. The van der Waals surface area contributed by atoms with E-state index >= 15 is 0 Å². The molecule has 0 bridgehead atoms. The van der Waals surface area contributed by atoms with Gasteiger partial charge in [0.1, 0.15) is 201 Å². The van der Waals surface area contributed by atoms with E-state index in [9.17, 15) is 123 Å². The SMILES string of the molecule is OC[C@H]1O[C@@H](O[C@@H]2[C@@H](OC[C@H]3O[C@H](OC[C@H]4O[C@H](OC[C@H]5O[C@H](OC[C@H]6O[C@H](OC[C@H]7O[C@H](O)[C@@H](O)[C@@H]7O[C@H]7O[C@H](CO[C@H]8O[C@H](CO[C@H]9O[C@H](CO)[C@@H](O)[C@@H]9O[C@@H]9O[C@H](CO)[C@@H](O)[C@@H]9O)[C@@H](O)[C@@H]8O)[C@@H](O)[C@@H]7O)[C@@H](O)[C@@H]6O)[C@@H](O)[C@@H]5O)[C@@H](O)[C@@H]4O)[C@@H](O)[C@@H]3O)O[C@H](CO)[C@H]2O)[C@@H](O)[C@@H]1O. The maximum atomic E-state index is 10.9. The summed E-state index contributed by atoms with van der Waals surface area (Å²) in [5.74, 6) is 0. The van der Waals surface area contributed by atoms with Crippen LogP contribution in [0.1, 0.15) is 0 Å². The number of hydrogen-bond acceptors (Lipinski definition) is 45. The van der Waals surface area contributed by atoms with Crippen LogP contribution in [-0.2, 0) is 99.5 Å². The summed E-state index contributed by atoms with van der Waals surface area (Å²) in [4.78, 5) is 0. The zero-order valence-electron chi connectivity index (χ0n) is 52.5. The summed E-state index contributed by atoms with van der Waals surface area (Å²) in [5.41, 5.74) is 0. The van der Waals surface area contributed by atoms with E-state index in [0.29, 0.717) is 0 Å². The Bertz CT molecular complexity index is 2510. The lowest BCUT2D eigenvalue weighted by Gasteiger charge is -2.26. The number of hydrogen-bond donors (Lipinski definition) is 24. The Balaban J connectivity index is 0.585. The summed E-state index contributed by atoms with van der Waals surface area (Å²) in [6, 6.07) is 0. The third-order valence-electron chi connectivity index (χ3n) is 19.0. The standard InChI is InChI=1S/C55H90O45/c56-1-12-23(60)38(75)51(88-12)99-43-31(68)14(3-58)90-54(43)85-9-19-28(65)35(72)48(95-19)82-6-17-26(63)33(70)46(93-17)80-5-16-25(62)34(71)47(92-16)81-7-18-27(64)37(74)50(94-18)84-11-22-42(41(78)45(79)87-22)98-53-40(77)30(67)21(97-53)8-83-49-36(73)29(66)20(96-49)10-86-55-44(32(69)15(4-59)91-55)100-52-39(76)24(61)13(2-57)89-52/h12-79H,1-11H2/t12-,13-,14-,15-,16-,17-,18-,19-,20-,21-,22-,23-,24-,25-,26-,27-,28-,29-,30-,31-,32-,33+,34+,35+,36+,37+,38+,39+,40+,41+,42-,43+,44+,45+,46+,47+,48+,49+,50+,51+,52+,53-,54+,55+/m1/s1. The van der Waals surface area contributed by atoms with Gasteiger partial charge in [0.25, 0.3) is 0 Å². The molecule has 100 heavy (non-hydrogen) atoms. The van der Waals surface area contributed by atoms with Gasteiger partial charge in [0.2, 0.25) is 0 Å². The average molecular weight is 1470 g/mol. The molecule has 11 saturated heterocycles. The van der Waals surface area contributed by atoms with Crippen LogP contribution in [0.15, 0.2) is 0 Å². The van der Waals surface area contributed by atoms with Crippen molar-refractivity contribution in [2.75, 3.05) is 72.7 Å². The van der Waals surface area contributed by atoms with Crippen LogP contribution in [-0.4, -0.2) is 466 Å². The second-order valence-corrected chi connectivity index (χ2v) is 25.7. The van der Waals surface area contributed by atoms with E-state index in [1.54, 1.807) is 0 Å². The fourth-order valence-electron chi connectivity index (χ4n) is 12.9. The molecule has 0 aromatic rings. The number of aliphatic hydroxyl groups is 24. The maximum absolute atomic E-state index is 10.9. The van der Waals surface area contributed by atoms with Crippen molar-refractivity contribution in [3.63, 3.8) is 0 Å². The third kappa shape index (κ3) is 16.6. The molecule has 11 fully saturated rings. The Morgan fingerprint density at radius 1 is 0.170 bits per heavy atom. The second kappa shape index (κ2) is 34.2. The lowest BCUT2D eigenvalue weighted by atomic mass is 10.1. The van der Waals surface area contributed by atoms with E-state index in [4.69, 9.17) is 99.5 Å². The van der Waals surface area contributed by atoms with Crippen molar-refractivity contribution in [1.82, 2.24) is 0 Å². The maximum Gasteiger partial charge on any atom is 0.187 e. The summed E-state index contributed by atoms with van der Waals surface area (Å²) in [6.07, 6.45) is -69.7. The minimum Gasteiger partial charge on any atom is -0.394 e. The molecule has 0 radical (unpaired) electrons. The summed E-state index contributed by atoms with van der Waals surface area (Å²) in [7, 11) is 0. The molecule has 0 saturated carbocycles. The molecule has 0 aromatic heterocycles. The summed E-state index contributed by atoms with van der Waals surface area (Å²) < 4.78 is 117. The predicted octanol–water partition coefficient (Wildman–Crippen LogP) is -17.9. The lowest BCUT2D eigenvalue weighted by molar-refractivity contribution is -0.255. The summed E-state index contributed by atoms with van der Waals surface area (Å²) >= 11 is 0. The Labute approximate surface area is 564 Å². The van der Waals surface area contributed by atoms with Gasteiger partial charge in [-0.05, 0) is 0 Å². The number of ether oxygens (including phenoxy) is 21. The van der Waals surface area contributed by atoms with Crippen molar-refractivity contribution in [2.24, 2.45) is 0 Å². The van der Waals surface area contributed by atoms with Gasteiger partial charge >= 0.3 is 0 Å². The molecule has 11 heterocycles. The van der Waals surface area contributed by atoms with Gasteiger partial charge in [-0.1, -0.05) is 0 Å². The quantitative estimate of drug-likeness (QED) is 0.0306. The van der Waals surface area contributed by atoms with Crippen molar-refractivity contribution in [3.05, 3.63) is 0 Å². The normalized spacial score (nSPS) is 53.4. The first-order chi connectivity index (χ1) is 47.7. The molecule has 0 amide bonds. The molecule has 0 aliphatic carbocycles. The molecule has 45 nitrogen and oxygen atoms in total. The first kappa shape index (κ1) is 79.2. The van der Waals surface area contributed by atoms with E-state index in [1.165, 1.54) is 0 Å². The lowest BCUT2D eigenvalue weighted by Crippen LogP contribution is -2.44. The van der Waals surface area contributed by atoms with E-state index in [0.717, 1.165) is 0 Å². The minimum atomic E-state index is -1.93. The highest BCUT2D eigenvalue weighted by molar-refractivity contribution is 4.99. The zero-order valence-corrected chi connectivity index (χ0v) is 52.5. The molecule has 0 unspecified atom stereocenters. The van der Waals surface area contributed by atoms with E-state index in [-0.39, 0.29) is 0 Å². The fourth-order valence-corrected chi connectivity index (χ4v) is 12.9. The first-order valence-electron chi connectivity index (χ1n) is 32.2. The molecule has 45 heteroatoms. The van der Waals surface area contributed by atoms with Gasteiger partial charge in [0.05, 0.1) is 72.7 Å². The monoisotopic (exact) mass is 1470 g/mol. The minimum absolute atomic E-state index is 0.561. The second-order valence-electron chi connectivity index (χ2n) is 25.7. The molecular weight excluding hydrogens is 1380 g/mol. The van der Waals surface area contributed by atoms with Gasteiger partial charge in [-0.3, -0.25) is 0 Å². The Hall–Kier alpha value is -1.80. The molecule has 580 valence electrons. The summed E-state index contributed by atoms with van der Waals surface area (Å²) in [6.45, 7) is -7.06. The molecule has 11 aliphatic heterocycles. The fraction of sp³-hybridized carbons (Fsp3) is 1.00. The van der Waals surface area contributed by atoms with Crippen molar-refractivity contribution in [2.45, 2.75) is 271 Å². The zero-order chi connectivity index (χ0) is 72.0. The predicted molar refractivity (Wildman–Crippen MR) is 296 cm³/mol. The largest absolute Gasteiger partial charge is 0.394 e. The van der Waals surface area contributed by atoms with E-state index in [2.05, 4.69) is 0 Å². The van der Waals surface area contributed by atoms with Crippen LogP contribution in [0.5, 0.6) is 0 Å². The Kier molecular flexibility index (Phi) is 27.1. The molecule has 11 rings (SSSR count). The first-order valence-corrected chi connectivity index (χ1v) is 32.2. The Morgan fingerprint density at radius 3 is 0.620 bits per heavy atom. The van der Waals surface area contributed by atoms with Crippen molar-refractivity contribution in [3.8, 4) is 0 Å². The van der Waals surface area contributed by atoms with E-state index in [1.807, 2.05) is 0 Å². The topological polar surface area (TPSA) is 679 Å². The van der Waals surface area contributed by atoms with Gasteiger partial charge < -0.3 is 222 Å². The molecule has 11 aliphatic rings. The van der Waals surface area contributed by atoms with Crippen molar-refractivity contribution in [1.29, 1.82) is 0 Å². The van der Waals surface area contributed by atoms with E-state index < -0.39 is 343 Å². The number of aliphatic hydroxyl groups excluding tert-OH is 24. The highest BCUT2D eigenvalue weighted by Gasteiger charge is 2.58. The molecule has 44 atom stereocenters. The highest BCUT2D eigenvalue weighted by atomic mass is 16.8. The summed E-state index contributed by atoms with van der Waals surface area (Å²) in [5, 5.41) is 252. The average Bonchev–Trinajstić information content (AvgIpc) is 1.66. The van der Waals surface area contributed by atoms with Crippen LogP contribution >= 0.6 is 0 Å². The van der Waals surface area contributed by atoms with Gasteiger partial charge in [0, 0.05) is 0 Å². The molecule has 0 aromatic carbocycles. The van der Waals surface area contributed by atoms with Crippen LogP contribution in [0, 0.1) is 0 Å². The van der Waals surface area contributed by atoms with Crippen LogP contribution in [0.4, 0.5) is 0 Å². The molecule has 24 N–H and O–H groups in total. The van der Waals surface area contributed by atoms with Crippen molar-refractivity contribution < 1.29 is 222 Å². The van der Waals surface area contributed by atoms with Crippen molar-refractivity contribution >= 4 is 0 Å². The Morgan fingerprint density at radius 2 is 0.360 bits per heavy atom. The highest BCUT2D eigenvalue weighted by Crippen LogP contribution is 2.38. The van der Waals surface area contributed by atoms with Gasteiger partial charge in [0.15, 0.2) is 69.2 Å². The van der Waals surface area contributed by atoms with Gasteiger partial charge in [-0.15, -0.1) is 0 Å². The van der Waals surface area contributed by atoms with Gasteiger partial charge in [-0.25, -0.2) is 0 Å². The van der Waals surface area contributed by atoms with Crippen LogP contribution in [0.25, 0.3) is 0 Å². The third-order valence-corrected chi connectivity index (χ3v) is 19.0. The van der Waals surface area contributed by atoms with Crippen LogP contribution < -0.4 is 0 Å². The smallest absolute Gasteiger partial charge is 0.187 e. The molecule has 0 spiro atoms.